The second-order valence-corrected chi connectivity index (χ2v) is 3.80. The fourth-order valence-corrected chi connectivity index (χ4v) is 1.21. The number of hydrogen-bond acceptors (Lipinski definition) is 1. The van der Waals surface area contributed by atoms with Crippen LogP contribution in [0.2, 0.25) is 0 Å². The first-order valence-electron chi connectivity index (χ1n) is 4.71. The SMILES string of the molecule is CC[C@H](C)O[C@H](C)CC(C)C. The molecular weight excluding hydrogens is 136 g/mol. The van der Waals surface area contributed by atoms with Crippen molar-refractivity contribution < 1.29 is 4.74 Å². The molecule has 2 atom stereocenters. The molecule has 0 aliphatic rings. The smallest absolute Gasteiger partial charge is 0.0553 e. The fourth-order valence-electron chi connectivity index (χ4n) is 1.21. The maximum Gasteiger partial charge on any atom is 0.0553 e. The van der Waals surface area contributed by atoms with Crippen molar-refractivity contribution >= 4 is 0 Å². The second kappa shape index (κ2) is 5.59. The summed E-state index contributed by atoms with van der Waals surface area (Å²) in [7, 11) is 0. The van der Waals surface area contributed by atoms with Gasteiger partial charge in [0.1, 0.15) is 0 Å². The molecule has 0 amide bonds. The van der Waals surface area contributed by atoms with Crippen molar-refractivity contribution in [3.05, 3.63) is 0 Å². The van der Waals surface area contributed by atoms with Gasteiger partial charge in [0.25, 0.3) is 0 Å². The first kappa shape index (κ1) is 11.0. The predicted molar refractivity (Wildman–Crippen MR) is 49.8 cm³/mol. The van der Waals surface area contributed by atoms with E-state index in [1.165, 1.54) is 6.42 Å². The Morgan fingerprint density at radius 3 is 1.91 bits per heavy atom. The molecule has 0 aromatic carbocycles. The number of hydrogen-bond donors (Lipinski definition) is 0. The fraction of sp³-hybridized carbons (Fsp3) is 1.00. The normalized spacial score (nSPS) is 16.9. The molecule has 0 N–H and O–H groups in total. The Hall–Kier alpha value is -0.0400. The molecule has 0 heterocycles. The maximum atomic E-state index is 5.71. The van der Waals surface area contributed by atoms with Crippen LogP contribution in [0.25, 0.3) is 0 Å². The first-order valence-corrected chi connectivity index (χ1v) is 4.71. The van der Waals surface area contributed by atoms with E-state index in [4.69, 9.17) is 4.74 Å². The van der Waals surface area contributed by atoms with Crippen LogP contribution in [0.4, 0.5) is 0 Å². The van der Waals surface area contributed by atoms with Crippen molar-refractivity contribution in [3.63, 3.8) is 0 Å². The molecule has 0 fully saturated rings. The van der Waals surface area contributed by atoms with Gasteiger partial charge in [0.05, 0.1) is 12.2 Å². The lowest BCUT2D eigenvalue weighted by Gasteiger charge is -2.19. The lowest BCUT2D eigenvalue weighted by atomic mass is 10.1. The lowest BCUT2D eigenvalue weighted by Crippen LogP contribution is -2.17. The highest BCUT2D eigenvalue weighted by Crippen LogP contribution is 2.10. The Morgan fingerprint density at radius 1 is 1.00 bits per heavy atom. The molecule has 0 spiro atoms. The molecule has 0 aliphatic heterocycles. The highest BCUT2D eigenvalue weighted by Gasteiger charge is 2.07. The predicted octanol–water partition coefficient (Wildman–Crippen LogP) is 3.24. The average Bonchev–Trinajstić information content (AvgIpc) is 1.85. The summed E-state index contributed by atoms with van der Waals surface area (Å²) in [5.41, 5.74) is 0. The van der Waals surface area contributed by atoms with Crippen molar-refractivity contribution in [2.24, 2.45) is 5.92 Å². The molecule has 0 bridgehead atoms. The summed E-state index contributed by atoms with van der Waals surface area (Å²) >= 11 is 0. The summed E-state index contributed by atoms with van der Waals surface area (Å²) in [5, 5.41) is 0. The van der Waals surface area contributed by atoms with Crippen LogP contribution in [0.15, 0.2) is 0 Å². The summed E-state index contributed by atoms with van der Waals surface area (Å²) in [5.74, 6) is 0.744. The van der Waals surface area contributed by atoms with Crippen LogP contribution < -0.4 is 0 Å². The zero-order chi connectivity index (χ0) is 8.85. The first-order chi connectivity index (χ1) is 5.06. The summed E-state index contributed by atoms with van der Waals surface area (Å²) in [6, 6.07) is 0. The van der Waals surface area contributed by atoms with E-state index >= 15 is 0 Å². The Morgan fingerprint density at radius 2 is 1.55 bits per heavy atom. The van der Waals surface area contributed by atoms with Crippen LogP contribution in [-0.2, 0) is 4.74 Å². The molecule has 0 aliphatic carbocycles. The minimum Gasteiger partial charge on any atom is -0.376 e. The van der Waals surface area contributed by atoms with Crippen molar-refractivity contribution in [2.45, 2.75) is 59.7 Å². The molecule has 0 saturated carbocycles. The van der Waals surface area contributed by atoms with Crippen LogP contribution in [-0.4, -0.2) is 12.2 Å². The zero-order valence-electron chi connectivity index (χ0n) is 8.55. The third-order valence-electron chi connectivity index (χ3n) is 1.84. The Labute approximate surface area is 71.1 Å². The van der Waals surface area contributed by atoms with Gasteiger partial charge in [0.2, 0.25) is 0 Å². The second-order valence-electron chi connectivity index (χ2n) is 3.80. The zero-order valence-corrected chi connectivity index (χ0v) is 8.55. The molecule has 11 heavy (non-hydrogen) atoms. The maximum absolute atomic E-state index is 5.71. The van der Waals surface area contributed by atoms with Crippen molar-refractivity contribution in [3.8, 4) is 0 Å². The van der Waals surface area contributed by atoms with E-state index in [-0.39, 0.29) is 0 Å². The van der Waals surface area contributed by atoms with E-state index in [0.29, 0.717) is 12.2 Å². The van der Waals surface area contributed by atoms with Crippen LogP contribution in [0.3, 0.4) is 0 Å². The summed E-state index contributed by atoms with van der Waals surface area (Å²) in [6.07, 6.45) is 3.13. The topological polar surface area (TPSA) is 9.23 Å². The van der Waals surface area contributed by atoms with Crippen LogP contribution >= 0.6 is 0 Å². The minimum absolute atomic E-state index is 0.420. The van der Waals surface area contributed by atoms with Gasteiger partial charge in [-0.1, -0.05) is 20.8 Å². The summed E-state index contributed by atoms with van der Waals surface area (Å²) in [4.78, 5) is 0. The van der Waals surface area contributed by atoms with Crippen molar-refractivity contribution in [1.29, 1.82) is 0 Å². The average molecular weight is 158 g/mol. The van der Waals surface area contributed by atoms with Gasteiger partial charge in [-0.25, -0.2) is 0 Å². The van der Waals surface area contributed by atoms with Gasteiger partial charge in [-0.2, -0.15) is 0 Å². The number of ether oxygens (including phenoxy) is 1. The van der Waals surface area contributed by atoms with Crippen LogP contribution in [0, 0.1) is 5.92 Å². The minimum atomic E-state index is 0.420. The van der Waals surface area contributed by atoms with E-state index < -0.39 is 0 Å². The van der Waals surface area contributed by atoms with Gasteiger partial charge >= 0.3 is 0 Å². The van der Waals surface area contributed by atoms with E-state index in [2.05, 4.69) is 34.6 Å². The Balaban J connectivity index is 3.43. The van der Waals surface area contributed by atoms with Crippen LogP contribution in [0.5, 0.6) is 0 Å². The Kier molecular flexibility index (Phi) is 5.57. The van der Waals surface area contributed by atoms with E-state index in [9.17, 15) is 0 Å². The van der Waals surface area contributed by atoms with E-state index in [0.717, 1.165) is 12.3 Å². The molecule has 0 unspecified atom stereocenters. The van der Waals surface area contributed by atoms with Crippen molar-refractivity contribution in [2.75, 3.05) is 0 Å². The van der Waals surface area contributed by atoms with Gasteiger partial charge in [-0.3, -0.25) is 0 Å². The van der Waals surface area contributed by atoms with Gasteiger partial charge in [0, 0.05) is 0 Å². The number of rotatable bonds is 5. The van der Waals surface area contributed by atoms with Crippen LogP contribution in [0.1, 0.15) is 47.5 Å². The highest BCUT2D eigenvalue weighted by atomic mass is 16.5. The quantitative estimate of drug-likeness (QED) is 0.597. The van der Waals surface area contributed by atoms with E-state index in [1.807, 2.05) is 0 Å². The molecule has 1 heteroatoms. The summed E-state index contributed by atoms with van der Waals surface area (Å²) in [6.45, 7) is 10.9. The van der Waals surface area contributed by atoms with E-state index in [1.54, 1.807) is 0 Å². The largest absolute Gasteiger partial charge is 0.376 e. The molecule has 0 saturated heterocycles. The lowest BCUT2D eigenvalue weighted by molar-refractivity contribution is -0.00337. The molecule has 0 aromatic heterocycles. The monoisotopic (exact) mass is 158 g/mol. The third kappa shape index (κ3) is 6.36. The molecule has 0 radical (unpaired) electrons. The molecule has 1 nitrogen and oxygen atoms in total. The molecule has 68 valence electrons. The highest BCUT2D eigenvalue weighted by molar-refractivity contribution is 4.56. The summed E-state index contributed by atoms with van der Waals surface area (Å²) < 4.78 is 5.71. The van der Waals surface area contributed by atoms with Gasteiger partial charge in [-0.15, -0.1) is 0 Å². The Bertz CT molecular complexity index is 88.9. The molecular formula is C10H22O. The molecule has 0 aromatic rings. The standard InChI is InChI=1S/C10H22O/c1-6-9(4)11-10(5)7-8(2)3/h8-10H,6-7H2,1-5H3/t9-,10+/m0/s1. The van der Waals surface area contributed by atoms with Gasteiger partial charge in [0.15, 0.2) is 0 Å². The van der Waals surface area contributed by atoms with Gasteiger partial charge in [-0.05, 0) is 32.6 Å². The van der Waals surface area contributed by atoms with Crippen molar-refractivity contribution in [1.82, 2.24) is 0 Å². The van der Waals surface area contributed by atoms with Gasteiger partial charge < -0.3 is 4.74 Å². The molecule has 0 rings (SSSR count). The third-order valence-corrected chi connectivity index (χ3v) is 1.84.